The van der Waals surface area contributed by atoms with Crippen LogP contribution in [0.3, 0.4) is 0 Å². The Bertz CT molecular complexity index is 735. The van der Waals surface area contributed by atoms with Crippen LogP contribution in [-0.4, -0.2) is 47.8 Å². The van der Waals surface area contributed by atoms with Gasteiger partial charge < -0.3 is 14.4 Å². The van der Waals surface area contributed by atoms with E-state index in [2.05, 4.69) is 4.98 Å². The summed E-state index contributed by atoms with van der Waals surface area (Å²) in [6.45, 7) is 0.678. The fourth-order valence-electron chi connectivity index (χ4n) is 1.75. The van der Waals surface area contributed by atoms with Gasteiger partial charge >= 0.3 is 5.97 Å². The number of ether oxygens (including phenoxy) is 1. The number of carboxylic acid groups (broad SMARTS) is 1. The Morgan fingerprint density at radius 2 is 2.20 bits per heavy atom. The molecule has 0 saturated carbocycles. The summed E-state index contributed by atoms with van der Waals surface area (Å²) in [5.41, 5.74) is 1.53. The lowest BCUT2D eigenvalue weighted by Crippen LogP contribution is -2.11. The van der Waals surface area contributed by atoms with Gasteiger partial charge in [0, 0.05) is 12.8 Å². The molecule has 0 fully saturated rings. The first-order chi connectivity index (χ1) is 9.37. The standard InChI is InChI=1S/C12H14N2O5S/c1-20(17,18)8-19-5-4-14-7-13-10-6-9(12(15)16)2-3-11(10)14/h2-3,6-7H,4-5,8H2,1H3,(H,15,16). The second-order valence-electron chi connectivity index (χ2n) is 4.40. The Morgan fingerprint density at radius 1 is 1.45 bits per heavy atom. The molecule has 1 aromatic carbocycles. The molecule has 20 heavy (non-hydrogen) atoms. The van der Waals surface area contributed by atoms with Gasteiger partial charge in [-0.1, -0.05) is 0 Å². The fourth-order valence-corrected chi connectivity index (χ4v) is 2.17. The van der Waals surface area contributed by atoms with Crippen LogP contribution in [0.5, 0.6) is 0 Å². The first-order valence-corrected chi connectivity index (χ1v) is 7.86. The number of carboxylic acids is 1. The molecule has 0 saturated heterocycles. The molecule has 0 spiro atoms. The molecule has 8 heteroatoms. The predicted octanol–water partition coefficient (Wildman–Crippen LogP) is 0.753. The fraction of sp³-hybridized carbons (Fsp3) is 0.333. The maximum absolute atomic E-state index is 10.9. The molecule has 0 aliphatic rings. The highest BCUT2D eigenvalue weighted by Crippen LogP contribution is 2.15. The molecule has 0 radical (unpaired) electrons. The van der Waals surface area contributed by atoms with Gasteiger partial charge in [0.05, 0.1) is 29.5 Å². The Labute approximate surface area is 115 Å². The molecule has 0 amide bonds. The van der Waals surface area contributed by atoms with Crippen molar-refractivity contribution in [1.29, 1.82) is 0 Å². The highest BCUT2D eigenvalue weighted by Gasteiger charge is 2.08. The van der Waals surface area contributed by atoms with E-state index in [0.29, 0.717) is 12.1 Å². The van der Waals surface area contributed by atoms with E-state index >= 15 is 0 Å². The number of carbonyl (C=O) groups is 1. The summed E-state index contributed by atoms with van der Waals surface area (Å²) in [6, 6.07) is 4.66. The summed E-state index contributed by atoms with van der Waals surface area (Å²) < 4.78 is 28.6. The second-order valence-corrected chi connectivity index (χ2v) is 6.49. The van der Waals surface area contributed by atoms with Gasteiger partial charge in [0.2, 0.25) is 0 Å². The van der Waals surface area contributed by atoms with E-state index in [-0.39, 0.29) is 18.1 Å². The van der Waals surface area contributed by atoms with E-state index in [0.717, 1.165) is 11.8 Å². The van der Waals surface area contributed by atoms with Gasteiger partial charge in [0.15, 0.2) is 9.84 Å². The van der Waals surface area contributed by atoms with E-state index < -0.39 is 15.8 Å². The highest BCUT2D eigenvalue weighted by atomic mass is 32.2. The Balaban J connectivity index is 2.06. The molecule has 1 heterocycles. The van der Waals surface area contributed by atoms with Gasteiger partial charge in [-0.05, 0) is 18.2 Å². The van der Waals surface area contributed by atoms with Crippen LogP contribution in [0.25, 0.3) is 11.0 Å². The zero-order valence-electron chi connectivity index (χ0n) is 10.8. The highest BCUT2D eigenvalue weighted by molar-refractivity contribution is 7.90. The van der Waals surface area contributed by atoms with Gasteiger partial charge in [-0.3, -0.25) is 0 Å². The van der Waals surface area contributed by atoms with E-state index in [1.807, 2.05) is 0 Å². The number of aromatic nitrogens is 2. The molecular weight excluding hydrogens is 284 g/mol. The number of hydrogen-bond donors (Lipinski definition) is 1. The average molecular weight is 298 g/mol. The summed E-state index contributed by atoms with van der Waals surface area (Å²) in [4.78, 5) is 15.0. The molecule has 7 nitrogen and oxygen atoms in total. The number of hydrogen-bond acceptors (Lipinski definition) is 5. The van der Waals surface area contributed by atoms with Crippen LogP contribution < -0.4 is 0 Å². The van der Waals surface area contributed by atoms with Crippen molar-refractivity contribution in [3.8, 4) is 0 Å². The monoisotopic (exact) mass is 298 g/mol. The molecule has 2 aromatic rings. The molecule has 108 valence electrons. The van der Waals surface area contributed by atoms with Crippen molar-refractivity contribution < 1.29 is 23.1 Å². The van der Waals surface area contributed by atoms with Gasteiger partial charge in [-0.15, -0.1) is 0 Å². The van der Waals surface area contributed by atoms with Crippen molar-refractivity contribution in [2.75, 3.05) is 18.8 Å². The third kappa shape index (κ3) is 3.55. The van der Waals surface area contributed by atoms with Crippen molar-refractivity contribution in [3.05, 3.63) is 30.1 Å². The topological polar surface area (TPSA) is 98.5 Å². The zero-order chi connectivity index (χ0) is 14.8. The number of rotatable bonds is 6. The molecular formula is C12H14N2O5S. The number of nitrogens with zero attached hydrogens (tertiary/aromatic N) is 2. The summed E-state index contributed by atoms with van der Waals surface area (Å²) in [6.07, 6.45) is 2.67. The first-order valence-electron chi connectivity index (χ1n) is 5.80. The van der Waals surface area contributed by atoms with Crippen LogP contribution in [0.2, 0.25) is 0 Å². The molecule has 0 unspecified atom stereocenters. The lowest BCUT2D eigenvalue weighted by Gasteiger charge is -2.05. The van der Waals surface area contributed by atoms with E-state index in [9.17, 15) is 13.2 Å². The normalized spacial score (nSPS) is 11.8. The number of benzene rings is 1. The zero-order valence-corrected chi connectivity index (χ0v) is 11.6. The Hall–Kier alpha value is -1.93. The number of sulfone groups is 1. The summed E-state index contributed by atoms with van der Waals surface area (Å²) in [5.74, 6) is -1.32. The molecule has 0 bridgehead atoms. The SMILES string of the molecule is CS(=O)(=O)COCCn1cnc2cc(C(=O)O)ccc21. The molecule has 0 atom stereocenters. The number of aromatic carboxylic acids is 1. The average Bonchev–Trinajstić information content (AvgIpc) is 2.76. The van der Waals surface area contributed by atoms with Gasteiger partial charge in [-0.25, -0.2) is 18.2 Å². The molecule has 0 aliphatic carbocycles. The van der Waals surface area contributed by atoms with Crippen molar-refractivity contribution >= 4 is 26.8 Å². The van der Waals surface area contributed by atoms with Crippen LogP contribution in [-0.2, 0) is 21.1 Å². The minimum Gasteiger partial charge on any atom is -0.478 e. The van der Waals surface area contributed by atoms with Crippen molar-refractivity contribution in [2.45, 2.75) is 6.54 Å². The van der Waals surface area contributed by atoms with Crippen molar-refractivity contribution in [1.82, 2.24) is 9.55 Å². The third-order valence-electron chi connectivity index (χ3n) is 2.64. The van der Waals surface area contributed by atoms with Crippen LogP contribution in [0.15, 0.2) is 24.5 Å². The minimum absolute atomic E-state index is 0.177. The van der Waals surface area contributed by atoms with Crippen molar-refractivity contribution in [2.24, 2.45) is 0 Å². The van der Waals surface area contributed by atoms with E-state index in [1.165, 1.54) is 12.1 Å². The molecule has 0 aliphatic heterocycles. The van der Waals surface area contributed by atoms with Crippen molar-refractivity contribution in [3.63, 3.8) is 0 Å². The number of imidazole rings is 1. The predicted molar refractivity (Wildman–Crippen MR) is 72.4 cm³/mol. The maximum Gasteiger partial charge on any atom is 0.335 e. The summed E-state index contributed by atoms with van der Waals surface area (Å²) >= 11 is 0. The smallest absolute Gasteiger partial charge is 0.335 e. The Morgan fingerprint density at radius 3 is 2.85 bits per heavy atom. The van der Waals surface area contributed by atoms with Gasteiger partial charge in [0.1, 0.15) is 5.94 Å². The minimum atomic E-state index is -3.14. The quantitative estimate of drug-likeness (QED) is 0.790. The molecule has 1 aromatic heterocycles. The lowest BCUT2D eigenvalue weighted by molar-refractivity contribution is 0.0697. The van der Waals surface area contributed by atoms with Crippen LogP contribution in [0.1, 0.15) is 10.4 Å². The second kappa shape index (κ2) is 5.59. The maximum atomic E-state index is 10.9. The lowest BCUT2D eigenvalue weighted by atomic mass is 10.2. The van der Waals surface area contributed by atoms with E-state index in [1.54, 1.807) is 17.0 Å². The van der Waals surface area contributed by atoms with Gasteiger partial charge in [0.25, 0.3) is 0 Å². The van der Waals surface area contributed by atoms with Crippen LogP contribution in [0, 0.1) is 0 Å². The van der Waals surface area contributed by atoms with Crippen LogP contribution >= 0.6 is 0 Å². The molecule has 1 N–H and O–H groups in total. The molecule has 2 rings (SSSR count). The summed E-state index contributed by atoms with van der Waals surface area (Å²) in [7, 11) is -3.14. The van der Waals surface area contributed by atoms with E-state index in [4.69, 9.17) is 9.84 Å². The van der Waals surface area contributed by atoms with Gasteiger partial charge in [-0.2, -0.15) is 0 Å². The first kappa shape index (κ1) is 14.5. The largest absolute Gasteiger partial charge is 0.478 e. The van der Waals surface area contributed by atoms with Crippen LogP contribution in [0.4, 0.5) is 0 Å². The summed E-state index contributed by atoms with van der Waals surface area (Å²) in [5, 5.41) is 8.89. The third-order valence-corrected chi connectivity index (χ3v) is 3.24. The number of fused-ring (bicyclic) bond motifs is 1. The Kier molecular flexibility index (Phi) is 4.05.